The van der Waals surface area contributed by atoms with Gasteiger partial charge in [0.05, 0.1) is 11.3 Å². The monoisotopic (exact) mass is 693 g/mol. The Hall–Kier alpha value is -2.33. The minimum absolute atomic E-state index is 0. The van der Waals surface area contributed by atoms with Crippen LogP contribution in [0.25, 0.3) is 32.2 Å². The summed E-state index contributed by atoms with van der Waals surface area (Å²) in [4.78, 5) is 16.6. The van der Waals surface area contributed by atoms with Crippen LogP contribution in [0.4, 0.5) is 0 Å². The predicted molar refractivity (Wildman–Crippen MR) is 155 cm³/mol. The molecule has 2 heterocycles. The minimum atomic E-state index is 0. The zero-order valence-electron chi connectivity index (χ0n) is 22.7. The number of aliphatic hydroxyl groups excluding tert-OH is 1. The number of pyridine rings is 1. The summed E-state index contributed by atoms with van der Waals surface area (Å²) in [5, 5.41) is 14.4. The van der Waals surface area contributed by atoms with Gasteiger partial charge in [-0.3, -0.25) is 9.78 Å². The first kappa shape index (κ1) is 30.9. The van der Waals surface area contributed by atoms with Crippen molar-refractivity contribution in [2.75, 3.05) is 0 Å². The molecular formula is C32H38IrNO2S-. The number of aliphatic hydroxyl groups is 1. The zero-order valence-corrected chi connectivity index (χ0v) is 25.9. The first-order valence-corrected chi connectivity index (χ1v) is 13.9. The molecule has 0 saturated heterocycles. The average molecular weight is 693 g/mol. The number of nitrogens with zero attached hydrogens (tertiary/aromatic N) is 1. The molecule has 0 unspecified atom stereocenters. The fourth-order valence-electron chi connectivity index (χ4n) is 4.66. The number of ketones is 1. The number of aromatic nitrogens is 1. The molecule has 0 aliphatic rings. The Balaban J connectivity index is 0.000000271. The molecular weight excluding hydrogens is 655 g/mol. The van der Waals surface area contributed by atoms with E-state index >= 15 is 0 Å². The molecule has 0 aliphatic carbocycles. The van der Waals surface area contributed by atoms with Gasteiger partial charge in [-0.15, -0.1) is 46.2 Å². The van der Waals surface area contributed by atoms with Crippen molar-refractivity contribution in [3.8, 4) is 11.3 Å². The number of hydrogen-bond acceptors (Lipinski definition) is 4. The number of rotatable bonds is 8. The van der Waals surface area contributed by atoms with Gasteiger partial charge in [-0.05, 0) is 48.2 Å². The Bertz CT molecular complexity index is 1330. The third-order valence-electron chi connectivity index (χ3n) is 6.79. The first-order valence-electron chi connectivity index (χ1n) is 13.0. The van der Waals surface area contributed by atoms with E-state index in [0.717, 1.165) is 48.0 Å². The molecule has 1 radical (unpaired) electrons. The topological polar surface area (TPSA) is 50.2 Å². The van der Waals surface area contributed by atoms with E-state index in [2.05, 4.69) is 61.7 Å². The van der Waals surface area contributed by atoms with Crippen LogP contribution < -0.4 is 0 Å². The van der Waals surface area contributed by atoms with Crippen molar-refractivity contribution in [3.05, 3.63) is 76.9 Å². The molecule has 0 bridgehead atoms. The number of para-hydroxylation sites is 1. The molecule has 0 amide bonds. The zero-order chi connectivity index (χ0) is 26.2. The van der Waals surface area contributed by atoms with E-state index in [0.29, 0.717) is 0 Å². The molecule has 199 valence electrons. The fourth-order valence-corrected chi connectivity index (χ4v) is 5.59. The third kappa shape index (κ3) is 7.60. The van der Waals surface area contributed by atoms with E-state index in [-0.39, 0.29) is 43.5 Å². The molecule has 0 saturated carbocycles. The minimum Gasteiger partial charge on any atom is -0.512 e. The SMILES string of the molecule is CCC(CC)C(=O)/C=C(\O)C(CC)CC.Cc1[c-]c(-c2nc3ccccc3c3sccc23)cc(C)c1.[Ir]. The second-order valence-corrected chi connectivity index (χ2v) is 10.3. The summed E-state index contributed by atoms with van der Waals surface area (Å²) >= 11 is 1.78. The van der Waals surface area contributed by atoms with Gasteiger partial charge in [0.25, 0.3) is 0 Å². The van der Waals surface area contributed by atoms with Crippen molar-refractivity contribution >= 4 is 38.1 Å². The molecule has 3 nitrogen and oxygen atoms in total. The number of carbonyl (C=O) groups excluding carboxylic acids is 1. The Morgan fingerprint density at radius 1 is 0.973 bits per heavy atom. The number of thiophene rings is 1. The molecule has 0 fully saturated rings. The van der Waals surface area contributed by atoms with Gasteiger partial charge in [-0.1, -0.05) is 65.8 Å². The maximum absolute atomic E-state index is 11.7. The van der Waals surface area contributed by atoms with Crippen LogP contribution in [0, 0.1) is 31.7 Å². The van der Waals surface area contributed by atoms with Crippen LogP contribution in [0.15, 0.2) is 59.7 Å². The summed E-state index contributed by atoms with van der Waals surface area (Å²) in [7, 11) is 0. The second kappa shape index (κ2) is 14.6. The van der Waals surface area contributed by atoms with Crippen molar-refractivity contribution in [3.63, 3.8) is 0 Å². The summed E-state index contributed by atoms with van der Waals surface area (Å²) < 4.78 is 1.31. The summed E-state index contributed by atoms with van der Waals surface area (Å²) in [6.07, 6.45) is 4.91. The van der Waals surface area contributed by atoms with E-state index < -0.39 is 0 Å². The van der Waals surface area contributed by atoms with Crippen molar-refractivity contribution < 1.29 is 30.0 Å². The normalized spacial score (nSPS) is 11.5. The molecule has 2 aromatic carbocycles. The van der Waals surface area contributed by atoms with Crippen molar-refractivity contribution in [2.45, 2.75) is 67.2 Å². The first-order chi connectivity index (χ1) is 17.3. The Kier molecular flexibility index (Phi) is 12.2. The van der Waals surface area contributed by atoms with Crippen LogP contribution in [0.5, 0.6) is 0 Å². The van der Waals surface area contributed by atoms with Gasteiger partial charge >= 0.3 is 0 Å². The molecule has 0 aliphatic heterocycles. The maximum Gasteiger partial charge on any atom is 0.162 e. The number of carbonyl (C=O) groups is 1. The molecule has 5 heteroatoms. The molecule has 0 spiro atoms. The quantitative estimate of drug-likeness (QED) is 0.114. The van der Waals surface area contributed by atoms with Gasteiger partial charge in [-0.2, -0.15) is 0 Å². The Morgan fingerprint density at radius 3 is 2.24 bits per heavy atom. The average Bonchev–Trinajstić information content (AvgIpc) is 3.35. The molecule has 37 heavy (non-hydrogen) atoms. The van der Waals surface area contributed by atoms with E-state index in [1.165, 1.54) is 27.1 Å². The van der Waals surface area contributed by atoms with Crippen LogP contribution in [-0.4, -0.2) is 15.9 Å². The molecule has 2 aromatic heterocycles. The van der Waals surface area contributed by atoms with Crippen LogP contribution in [-0.2, 0) is 24.9 Å². The van der Waals surface area contributed by atoms with Crippen LogP contribution in [0.1, 0.15) is 64.5 Å². The predicted octanol–water partition coefficient (Wildman–Crippen LogP) is 9.40. The summed E-state index contributed by atoms with van der Waals surface area (Å²) in [5.74, 6) is 0.547. The Morgan fingerprint density at radius 2 is 1.62 bits per heavy atom. The smallest absolute Gasteiger partial charge is 0.162 e. The molecule has 4 rings (SSSR count). The second-order valence-electron chi connectivity index (χ2n) is 9.39. The van der Waals surface area contributed by atoms with Gasteiger partial charge in [-0.25, -0.2) is 0 Å². The molecule has 1 N–H and O–H groups in total. The van der Waals surface area contributed by atoms with Gasteiger partial charge < -0.3 is 5.11 Å². The molecule has 4 aromatic rings. The number of allylic oxidation sites excluding steroid dienone is 2. The van der Waals surface area contributed by atoms with E-state index in [9.17, 15) is 9.90 Å². The number of aryl methyl sites for hydroxylation is 2. The number of hydrogen-bond donors (Lipinski definition) is 1. The van der Waals surface area contributed by atoms with Crippen LogP contribution in [0.3, 0.4) is 0 Å². The van der Waals surface area contributed by atoms with Gasteiger partial charge in [0.1, 0.15) is 0 Å². The van der Waals surface area contributed by atoms with Gasteiger partial charge in [0, 0.05) is 48.1 Å². The van der Waals surface area contributed by atoms with Gasteiger partial charge in [0.15, 0.2) is 5.78 Å². The summed E-state index contributed by atoms with van der Waals surface area (Å²) in [6.45, 7) is 12.3. The summed E-state index contributed by atoms with van der Waals surface area (Å²) in [6, 6.07) is 18.3. The largest absolute Gasteiger partial charge is 0.512 e. The van der Waals surface area contributed by atoms with Crippen LogP contribution in [0.2, 0.25) is 0 Å². The van der Waals surface area contributed by atoms with E-state index in [4.69, 9.17) is 4.98 Å². The molecule has 0 atom stereocenters. The summed E-state index contributed by atoms with van der Waals surface area (Å²) in [5.41, 5.74) is 5.58. The number of fused-ring (bicyclic) bond motifs is 3. The fraction of sp³-hybridized carbons (Fsp3) is 0.375. The van der Waals surface area contributed by atoms with Crippen molar-refractivity contribution in [1.29, 1.82) is 0 Å². The third-order valence-corrected chi connectivity index (χ3v) is 7.73. The Labute approximate surface area is 239 Å². The van der Waals surface area contributed by atoms with Crippen molar-refractivity contribution in [2.24, 2.45) is 11.8 Å². The van der Waals surface area contributed by atoms with Crippen LogP contribution >= 0.6 is 11.3 Å². The van der Waals surface area contributed by atoms with E-state index in [1.807, 2.05) is 33.8 Å². The van der Waals surface area contributed by atoms with E-state index in [1.54, 1.807) is 11.3 Å². The standard InChI is InChI=1S/C19H14NS.C13H24O2.Ir/c1-12-9-13(2)11-14(10-12)18-16-7-8-21-19(16)15-5-3-4-6-17(15)20-18;1-5-10(6-2)12(14)9-13(15)11(7-3)8-4;/h3-10H,1-2H3;9-11,14H,5-8H2,1-4H3;/q-1;;/b;12-9-;. The van der Waals surface area contributed by atoms with Crippen molar-refractivity contribution in [1.82, 2.24) is 4.98 Å². The van der Waals surface area contributed by atoms with Gasteiger partial charge in [0.2, 0.25) is 0 Å². The maximum atomic E-state index is 11.7. The number of benzene rings is 2.